The van der Waals surface area contributed by atoms with Crippen molar-refractivity contribution < 1.29 is 45.7 Å². The van der Waals surface area contributed by atoms with Crippen LogP contribution in [0.3, 0.4) is 0 Å². The van der Waals surface area contributed by atoms with Gasteiger partial charge in [-0.05, 0) is 44.0 Å². The molecule has 1 heterocycles. The van der Waals surface area contributed by atoms with Crippen LogP contribution in [0.2, 0.25) is 0 Å². The Labute approximate surface area is 192 Å². The van der Waals surface area contributed by atoms with Crippen molar-refractivity contribution in [3.63, 3.8) is 0 Å². The Bertz CT molecular complexity index is 1370. The Morgan fingerprint density at radius 2 is 1.76 bits per heavy atom. The predicted molar refractivity (Wildman–Crippen MR) is 114 cm³/mol. The fourth-order valence-electron chi connectivity index (χ4n) is 2.81. The van der Waals surface area contributed by atoms with Crippen LogP contribution in [0, 0.1) is 13.8 Å². The van der Waals surface area contributed by atoms with Crippen molar-refractivity contribution in [1.29, 1.82) is 0 Å². The van der Waals surface area contributed by atoms with Gasteiger partial charge in [-0.15, -0.1) is 14.6 Å². The van der Waals surface area contributed by atoms with Crippen molar-refractivity contribution in [3.8, 4) is 5.88 Å². The number of aromatic hydroxyl groups is 1. The third-order valence-corrected chi connectivity index (χ3v) is 6.66. The summed E-state index contributed by atoms with van der Waals surface area (Å²) in [6.45, 7) is 4.11. The van der Waals surface area contributed by atoms with Crippen molar-refractivity contribution in [2.24, 2.45) is 10.2 Å². The van der Waals surface area contributed by atoms with Crippen LogP contribution in [0.1, 0.15) is 23.6 Å². The zero-order valence-electron chi connectivity index (χ0n) is 17.3. The molecule has 0 fully saturated rings. The molecule has 1 aromatic carbocycles. The molecule has 0 saturated carbocycles. The van der Waals surface area contributed by atoms with Crippen LogP contribution in [-0.2, 0) is 41.9 Å². The van der Waals surface area contributed by atoms with Crippen molar-refractivity contribution in [2.75, 3.05) is 0 Å². The largest absolute Gasteiger partial charge is 0.494 e. The quantitative estimate of drug-likeness (QED) is 0.122. The molecular weight excluding hydrogens is 506 g/mol. The molecular formula is C16H19N3O11S3. The molecule has 17 heteroatoms. The van der Waals surface area contributed by atoms with Crippen molar-refractivity contribution in [1.82, 2.24) is 4.57 Å². The lowest BCUT2D eigenvalue weighted by molar-refractivity contribution is -0.432. The molecule has 0 unspecified atom stereocenters. The highest BCUT2D eigenvalue weighted by Gasteiger charge is 2.23. The Morgan fingerprint density at radius 3 is 2.27 bits per heavy atom. The Balaban J connectivity index is 2.77. The minimum atomic E-state index is -4.79. The smallest absolute Gasteiger partial charge is 0.296 e. The number of aryl methyl sites for hydroxylation is 1. The second kappa shape index (κ2) is 10.3. The zero-order chi connectivity index (χ0) is 25.1. The lowest BCUT2D eigenvalue weighted by Crippen LogP contribution is -2.22. The first-order valence-corrected chi connectivity index (χ1v) is 12.6. The maximum atomic E-state index is 12.7. The average Bonchev–Trinajstić information content (AvgIpc) is 2.69. The van der Waals surface area contributed by atoms with Gasteiger partial charge in [0.2, 0.25) is 0 Å². The predicted octanol–water partition coefficient (Wildman–Crippen LogP) is 2.67. The van der Waals surface area contributed by atoms with E-state index in [4.69, 9.17) is 5.26 Å². The molecule has 2 aromatic rings. The molecule has 0 radical (unpaired) electrons. The molecule has 14 nitrogen and oxygen atoms in total. The Kier molecular flexibility index (Phi) is 8.36. The van der Waals surface area contributed by atoms with E-state index in [2.05, 4.69) is 19.6 Å². The SMILES string of the molecule is CCn1c(O)c(CS(=O)(=O)O)c(C)c(N=Nc2cc(SOOO)c(C)cc2S(=O)(=O)O)c1=O. The van der Waals surface area contributed by atoms with Crippen molar-refractivity contribution >= 4 is 43.7 Å². The minimum absolute atomic E-state index is 0.0912. The Hall–Kier alpha value is -2.38. The van der Waals surface area contributed by atoms with Gasteiger partial charge in [-0.2, -0.15) is 16.8 Å². The van der Waals surface area contributed by atoms with Crippen LogP contribution in [0.15, 0.2) is 36.9 Å². The summed E-state index contributed by atoms with van der Waals surface area (Å²) in [5.41, 5.74) is -1.90. The van der Waals surface area contributed by atoms with Gasteiger partial charge in [0.05, 0.1) is 12.0 Å². The van der Waals surface area contributed by atoms with Gasteiger partial charge in [-0.25, -0.2) is 5.26 Å². The van der Waals surface area contributed by atoms with E-state index >= 15 is 0 Å². The number of benzene rings is 1. The third-order valence-electron chi connectivity index (χ3n) is 4.37. The molecule has 0 bridgehead atoms. The molecule has 0 saturated heterocycles. The molecule has 0 aliphatic rings. The summed E-state index contributed by atoms with van der Waals surface area (Å²) in [6.07, 6.45) is 0. The average molecular weight is 526 g/mol. The minimum Gasteiger partial charge on any atom is -0.494 e. The van der Waals surface area contributed by atoms with Gasteiger partial charge < -0.3 is 5.11 Å². The normalized spacial score (nSPS) is 12.5. The monoisotopic (exact) mass is 525 g/mol. The first-order valence-electron chi connectivity index (χ1n) is 8.80. The summed E-state index contributed by atoms with van der Waals surface area (Å²) < 4.78 is 70.1. The van der Waals surface area contributed by atoms with Crippen molar-refractivity contribution in [3.05, 3.63) is 39.2 Å². The summed E-state index contributed by atoms with van der Waals surface area (Å²) in [4.78, 5) is 12.3. The highest BCUT2D eigenvalue weighted by Crippen LogP contribution is 2.35. The van der Waals surface area contributed by atoms with Gasteiger partial charge >= 0.3 is 0 Å². The number of nitrogens with zero attached hydrogens (tertiary/aromatic N) is 3. The first-order chi connectivity index (χ1) is 15.2. The summed E-state index contributed by atoms with van der Waals surface area (Å²) in [6, 6.07) is 2.14. The van der Waals surface area contributed by atoms with Gasteiger partial charge in [0.25, 0.3) is 25.8 Å². The summed E-state index contributed by atoms with van der Waals surface area (Å²) in [5.74, 6) is -1.71. The van der Waals surface area contributed by atoms with Crippen LogP contribution >= 0.6 is 12.0 Å². The molecule has 0 amide bonds. The number of aromatic nitrogens is 1. The lowest BCUT2D eigenvalue weighted by atomic mass is 10.1. The van der Waals surface area contributed by atoms with E-state index in [9.17, 15) is 35.8 Å². The van der Waals surface area contributed by atoms with Crippen LogP contribution in [-0.4, -0.2) is 40.9 Å². The van der Waals surface area contributed by atoms with Crippen LogP contribution < -0.4 is 5.56 Å². The van der Waals surface area contributed by atoms with Crippen LogP contribution in [0.25, 0.3) is 0 Å². The highest BCUT2D eigenvalue weighted by molar-refractivity contribution is 7.94. The highest BCUT2D eigenvalue weighted by atomic mass is 32.2. The van der Waals surface area contributed by atoms with E-state index in [-0.39, 0.29) is 28.1 Å². The molecule has 0 aliphatic carbocycles. The van der Waals surface area contributed by atoms with Gasteiger partial charge in [-0.1, -0.05) is 5.04 Å². The van der Waals surface area contributed by atoms with E-state index < -0.39 is 53.7 Å². The van der Waals surface area contributed by atoms with Gasteiger partial charge in [0.15, 0.2) is 11.6 Å². The number of rotatable bonds is 9. The fraction of sp³-hybridized carbons (Fsp3) is 0.312. The standard InChI is InChI=1S/C16H19N3O11S3/c1-4-19-15(20)10(7-32(23,24)25)9(3)14(16(19)21)18-17-11-6-12(31-30-29-22)8(2)5-13(11)33(26,27)28/h5-6,20,22H,4,7H2,1-3H3,(H,23,24,25)(H,26,27,28). The topological polar surface area (TPSA) is 214 Å². The van der Waals surface area contributed by atoms with Crippen molar-refractivity contribution in [2.45, 2.75) is 42.9 Å². The molecule has 33 heavy (non-hydrogen) atoms. The summed E-state index contributed by atoms with van der Waals surface area (Å²) >= 11 is 0.482. The molecule has 4 N–H and O–H groups in total. The molecule has 2 rings (SSSR count). The third kappa shape index (κ3) is 6.36. The summed E-state index contributed by atoms with van der Waals surface area (Å²) in [7, 11) is -9.39. The second-order valence-electron chi connectivity index (χ2n) is 6.54. The maximum absolute atomic E-state index is 12.7. The second-order valence-corrected chi connectivity index (χ2v) is 10.1. The fourth-order valence-corrected chi connectivity index (χ4v) is 4.66. The molecule has 1 aromatic heterocycles. The number of azo groups is 1. The van der Waals surface area contributed by atoms with E-state index in [0.29, 0.717) is 12.0 Å². The first kappa shape index (κ1) is 26.9. The molecule has 0 spiro atoms. The number of pyridine rings is 1. The van der Waals surface area contributed by atoms with E-state index in [1.165, 1.54) is 20.8 Å². The van der Waals surface area contributed by atoms with E-state index in [0.717, 1.165) is 16.7 Å². The van der Waals surface area contributed by atoms with Crippen LogP contribution in [0.5, 0.6) is 5.88 Å². The van der Waals surface area contributed by atoms with E-state index in [1.807, 2.05) is 0 Å². The van der Waals surface area contributed by atoms with Gasteiger partial charge in [0, 0.05) is 17.0 Å². The van der Waals surface area contributed by atoms with Gasteiger partial charge in [-0.3, -0.25) is 18.5 Å². The summed E-state index contributed by atoms with van der Waals surface area (Å²) in [5, 5.41) is 29.6. The van der Waals surface area contributed by atoms with E-state index in [1.54, 1.807) is 0 Å². The Morgan fingerprint density at radius 1 is 1.12 bits per heavy atom. The number of hydrogen-bond acceptors (Lipinski definition) is 12. The zero-order valence-corrected chi connectivity index (χ0v) is 19.7. The van der Waals surface area contributed by atoms with Gasteiger partial charge in [0.1, 0.15) is 16.3 Å². The maximum Gasteiger partial charge on any atom is 0.296 e. The number of hydrogen-bond donors (Lipinski definition) is 4. The lowest BCUT2D eigenvalue weighted by Gasteiger charge is -2.14. The molecule has 0 aliphatic heterocycles. The molecule has 182 valence electrons. The molecule has 0 atom stereocenters. The van der Waals surface area contributed by atoms with Crippen LogP contribution in [0.4, 0.5) is 11.4 Å².